The fraction of sp³-hybridized carbons (Fsp3) is 0.440. The molecule has 6 amide bonds. The molecule has 9 N–H and O–H groups in total. The number of carbonyl (C=O) groups excluding carboxylic acids is 7. The highest BCUT2D eigenvalue weighted by Gasteiger charge is 2.33. The normalized spacial score (nSPS) is 13.4. The summed E-state index contributed by atoms with van der Waals surface area (Å²) in [4.78, 5) is 111. The summed E-state index contributed by atoms with van der Waals surface area (Å²) in [6.07, 6.45) is 2.95. The lowest BCUT2D eigenvalue weighted by atomic mass is 10.0. The van der Waals surface area contributed by atoms with Crippen LogP contribution >= 0.6 is 11.8 Å². The Morgan fingerprint density at radius 1 is 0.716 bits per heavy atom. The molecule has 0 saturated heterocycles. The number of hydrogen-bond acceptors (Lipinski definition) is 14. The molecule has 0 radical (unpaired) electrons. The molecule has 24 heteroatoms. The van der Waals surface area contributed by atoms with E-state index in [1.54, 1.807) is 39.3 Å². The van der Waals surface area contributed by atoms with E-state index in [1.165, 1.54) is 36.0 Å². The first-order chi connectivity index (χ1) is 35.0. The zero-order chi connectivity index (χ0) is 54.4. The van der Waals surface area contributed by atoms with Crippen molar-refractivity contribution < 1.29 is 70.1 Å². The Morgan fingerprint density at radius 2 is 1.32 bits per heavy atom. The molecule has 4 aromatic rings. The largest absolute Gasteiger partial charge is 0.481 e. The predicted molar refractivity (Wildman–Crippen MR) is 274 cm³/mol. The topological polar surface area (TPSA) is 327 Å². The van der Waals surface area contributed by atoms with Crippen molar-refractivity contribution in [1.29, 1.82) is 0 Å². The molecule has 74 heavy (non-hydrogen) atoms. The van der Waals surface area contributed by atoms with Crippen LogP contribution in [0.4, 0.5) is 4.79 Å². The first kappa shape index (κ1) is 59.4. The van der Waals surface area contributed by atoms with Gasteiger partial charge in [0.2, 0.25) is 29.5 Å². The number of carboxylic acids is 1. The van der Waals surface area contributed by atoms with Crippen LogP contribution in [0.2, 0.25) is 0 Å². The van der Waals surface area contributed by atoms with Crippen molar-refractivity contribution in [2.24, 2.45) is 0 Å². The number of amides is 6. The minimum atomic E-state index is -4.81. The summed E-state index contributed by atoms with van der Waals surface area (Å²) in [5.41, 5.74) is 1.69. The second-order valence-electron chi connectivity index (χ2n) is 18.1. The summed E-state index contributed by atoms with van der Waals surface area (Å²) in [5.74, 6) is -6.29. The van der Waals surface area contributed by atoms with Crippen molar-refractivity contribution in [3.8, 4) is 5.75 Å². The van der Waals surface area contributed by atoms with Gasteiger partial charge in [0.25, 0.3) is 0 Å². The van der Waals surface area contributed by atoms with Crippen LogP contribution in [0.25, 0.3) is 10.9 Å². The number of aliphatic carboxylic acids is 1. The standard InChI is InChI=1S/C50H65N7O15S2/c1-6-7-16-37(45(62)56-41(28-43(59)60)48(65)70-24-22-31-13-9-8-10-14-31)54-47(64)40(27-33-29-51-36-17-12-11-15-35(33)36)53-42(58)30-52-44(61)38(23-25-73-5)55-46(63)39(57-49(66)71-50(2,3)4)26-32-18-20-34(21-19-32)72-74(67,68)69/h8-15,17-21,29,37-41,51H,6-7,16,22-28,30H2,1-5H3,(H,52,61)(H,53,58)(H,54,64)(H,55,63)(H,56,62)(H,57,66)(H,59,60)(H,67,68,69)/t37-,38-,39-,40+,41-/m0/s1. The van der Waals surface area contributed by atoms with Crippen molar-refractivity contribution >= 4 is 80.6 Å². The van der Waals surface area contributed by atoms with Crippen LogP contribution in [0.15, 0.2) is 85.1 Å². The Morgan fingerprint density at radius 3 is 1.95 bits per heavy atom. The van der Waals surface area contributed by atoms with E-state index in [4.69, 9.17) is 14.0 Å². The Bertz CT molecular complexity index is 2660. The average molecular weight is 1070 g/mol. The smallest absolute Gasteiger partial charge is 0.446 e. The summed E-state index contributed by atoms with van der Waals surface area (Å²) < 4.78 is 46.6. The zero-order valence-corrected chi connectivity index (χ0v) is 43.4. The molecule has 5 atom stereocenters. The summed E-state index contributed by atoms with van der Waals surface area (Å²) in [6, 6.07) is 14.8. The highest BCUT2D eigenvalue weighted by atomic mass is 32.3. The van der Waals surface area contributed by atoms with Gasteiger partial charge in [-0.1, -0.05) is 80.4 Å². The summed E-state index contributed by atoms with van der Waals surface area (Å²) >= 11 is 1.37. The number of nitrogens with one attached hydrogen (secondary N) is 7. The molecule has 0 bridgehead atoms. The van der Waals surface area contributed by atoms with Crippen LogP contribution in [0.5, 0.6) is 5.75 Å². The lowest BCUT2D eigenvalue weighted by Crippen LogP contribution is -2.58. The summed E-state index contributed by atoms with van der Waals surface area (Å²) in [7, 11) is -4.81. The van der Waals surface area contributed by atoms with Gasteiger partial charge >= 0.3 is 28.4 Å². The number of carbonyl (C=O) groups is 8. The molecule has 4 rings (SSSR count). The van der Waals surface area contributed by atoms with Gasteiger partial charge in [-0.25, -0.2) is 9.59 Å². The van der Waals surface area contributed by atoms with Crippen molar-refractivity contribution in [2.75, 3.05) is 25.2 Å². The van der Waals surface area contributed by atoms with E-state index in [2.05, 4.69) is 41.1 Å². The quantitative estimate of drug-likeness (QED) is 0.0278. The van der Waals surface area contributed by atoms with Gasteiger partial charge in [0, 0.05) is 36.4 Å². The second kappa shape index (κ2) is 28.9. The Hall–Kier alpha value is -7.18. The molecule has 0 fully saturated rings. The number of alkyl carbamates (subject to hydrolysis) is 1. The van der Waals surface area contributed by atoms with E-state index in [0.29, 0.717) is 36.1 Å². The number of ether oxygens (including phenoxy) is 2. The maximum Gasteiger partial charge on any atom is 0.446 e. The van der Waals surface area contributed by atoms with Crippen LogP contribution < -0.4 is 36.1 Å². The molecule has 1 aromatic heterocycles. The molecule has 3 aromatic carbocycles. The number of hydrogen-bond donors (Lipinski definition) is 9. The number of fused-ring (bicyclic) bond motifs is 1. The number of rotatable bonds is 29. The molecular weight excluding hydrogens is 1000 g/mol. The molecule has 0 unspecified atom stereocenters. The van der Waals surface area contributed by atoms with Gasteiger partial charge in [-0.05, 0) is 80.5 Å². The predicted octanol–water partition coefficient (Wildman–Crippen LogP) is 3.29. The number of carboxylic acid groups (broad SMARTS) is 1. The van der Waals surface area contributed by atoms with Crippen LogP contribution in [0.3, 0.4) is 0 Å². The molecule has 22 nitrogen and oxygen atoms in total. The van der Waals surface area contributed by atoms with E-state index >= 15 is 0 Å². The van der Waals surface area contributed by atoms with E-state index in [0.717, 1.165) is 16.5 Å². The van der Waals surface area contributed by atoms with E-state index in [1.807, 2.05) is 55.5 Å². The number of benzene rings is 3. The van der Waals surface area contributed by atoms with Crippen LogP contribution in [-0.2, 0) is 72.7 Å². The van der Waals surface area contributed by atoms with E-state index in [9.17, 15) is 51.9 Å². The third-order valence-corrected chi connectivity index (χ3v) is 12.0. The van der Waals surface area contributed by atoms with E-state index < -0.39 is 107 Å². The van der Waals surface area contributed by atoms with Crippen molar-refractivity contribution in [3.63, 3.8) is 0 Å². The number of unbranched alkanes of at least 4 members (excludes halogenated alkanes) is 1. The van der Waals surface area contributed by atoms with E-state index in [-0.39, 0.29) is 38.0 Å². The van der Waals surface area contributed by atoms with Gasteiger partial charge in [-0.2, -0.15) is 20.2 Å². The third-order valence-electron chi connectivity index (χ3n) is 10.9. The Balaban J connectivity index is 1.51. The average Bonchev–Trinajstić information content (AvgIpc) is 3.74. The highest BCUT2D eigenvalue weighted by Crippen LogP contribution is 2.20. The van der Waals surface area contributed by atoms with Gasteiger partial charge in [-0.15, -0.1) is 0 Å². The second-order valence-corrected chi connectivity index (χ2v) is 20.1. The van der Waals surface area contributed by atoms with Gasteiger partial charge < -0.3 is 55.6 Å². The van der Waals surface area contributed by atoms with Crippen LogP contribution in [0, 0.1) is 0 Å². The Kier molecular flexibility index (Phi) is 23.2. The first-order valence-corrected chi connectivity index (χ1v) is 26.5. The van der Waals surface area contributed by atoms with Crippen molar-refractivity contribution in [3.05, 3.63) is 102 Å². The highest BCUT2D eigenvalue weighted by molar-refractivity contribution is 7.98. The Labute approximate surface area is 433 Å². The molecule has 0 aliphatic carbocycles. The number of aromatic amines is 1. The van der Waals surface area contributed by atoms with Crippen molar-refractivity contribution in [1.82, 2.24) is 36.9 Å². The molecule has 0 saturated carbocycles. The summed E-state index contributed by atoms with van der Waals surface area (Å²) in [5, 5.41) is 25.8. The number of esters is 1. The van der Waals surface area contributed by atoms with Gasteiger partial charge in [0.05, 0.1) is 19.6 Å². The monoisotopic (exact) mass is 1070 g/mol. The lowest BCUT2D eigenvalue weighted by molar-refractivity contribution is -0.152. The number of aromatic nitrogens is 1. The number of H-pyrrole nitrogens is 1. The molecule has 1 heterocycles. The zero-order valence-electron chi connectivity index (χ0n) is 41.8. The number of thioether (sulfide) groups is 1. The van der Waals surface area contributed by atoms with Gasteiger partial charge in [0.1, 0.15) is 41.6 Å². The minimum Gasteiger partial charge on any atom is -0.481 e. The maximum absolute atomic E-state index is 14.3. The molecule has 0 aliphatic rings. The first-order valence-electron chi connectivity index (χ1n) is 23.7. The fourth-order valence-electron chi connectivity index (χ4n) is 7.34. The molecule has 0 aliphatic heterocycles. The number of para-hydroxylation sites is 1. The SMILES string of the molecule is CCCC[C@H](NC(=O)[C@@H](Cc1c[nH]c2ccccc12)NC(=O)CNC(=O)[C@H](CCSC)NC(=O)[C@H](Cc1ccc(OS(=O)(=O)O)cc1)NC(=O)OC(C)(C)C)C(=O)N[C@@H](CC(=O)O)C(=O)OCCc1ccccc1. The lowest BCUT2D eigenvalue weighted by Gasteiger charge is -2.26. The van der Waals surface area contributed by atoms with Gasteiger partial charge in [-0.3, -0.25) is 33.3 Å². The molecule has 402 valence electrons. The fourth-order valence-corrected chi connectivity index (χ4v) is 8.17. The minimum absolute atomic E-state index is 0.0761. The third kappa shape index (κ3) is 21.1. The van der Waals surface area contributed by atoms with Gasteiger partial charge in [0.15, 0.2) is 0 Å². The maximum atomic E-state index is 14.3. The summed E-state index contributed by atoms with van der Waals surface area (Å²) in [6.45, 7) is 5.95. The van der Waals surface area contributed by atoms with Crippen LogP contribution in [-0.4, -0.2) is 132 Å². The van der Waals surface area contributed by atoms with Crippen LogP contribution in [0.1, 0.15) is 76.5 Å². The van der Waals surface area contributed by atoms with Crippen molar-refractivity contribution in [2.45, 2.75) is 115 Å². The molecule has 0 spiro atoms. The molecular formula is C50H65N7O15S2.